The van der Waals surface area contributed by atoms with E-state index in [1.54, 1.807) is 18.2 Å². The average molecular weight is 294 g/mol. The minimum atomic E-state index is -0.524. The molecule has 1 fully saturated rings. The van der Waals surface area contributed by atoms with Gasteiger partial charge in [-0.05, 0) is 12.1 Å². The first kappa shape index (κ1) is 13.1. The number of carbonyl (C=O) groups excluding carboxylic acids is 1. The highest BCUT2D eigenvalue weighted by molar-refractivity contribution is 6.33. The predicted molar refractivity (Wildman–Crippen MR) is 71.6 cm³/mol. The van der Waals surface area contributed by atoms with Crippen LogP contribution in [0.25, 0.3) is 11.3 Å². The molecule has 1 aliphatic heterocycles. The molecule has 3 rings (SSSR count). The van der Waals surface area contributed by atoms with E-state index in [9.17, 15) is 4.79 Å². The van der Waals surface area contributed by atoms with Crippen molar-refractivity contribution in [2.24, 2.45) is 0 Å². The van der Waals surface area contributed by atoms with Gasteiger partial charge < -0.3 is 13.9 Å². The van der Waals surface area contributed by atoms with Gasteiger partial charge in [-0.2, -0.15) is 0 Å². The van der Waals surface area contributed by atoms with Crippen molar-refractivity contribution in [3.05, 3.63) is 41.4 Å². The van der Waals surface area contributed by atoms with Gasteiger partial charge >= 0.3 is 5.97 Å². The Bertz CT molecular complexity index is 619. The first-order valence-corrected chi connectivity index (χ1v) is 6.60. The maximum Gasteiger partial charge on any atom is 0.361 e. The first-order chi connectivity index (χ1) is 9.75. The molecule has 20 heavy (non-hydrogen) atoms. The summed E-state index contributed by atoms with van der Waals surface area (Å²) in [5.41, 5.74) is 0.742. The highest BCUT2D eigenvalue weighted by Gasteiger charge is 2.26. The van der Waals surface area contributed by atoms with Crippen LogP contribution in [0, 0.1) is 0 Å². The van der Waals surface area contributed by atoms with Crippen LogP contribution in [0.4, 0.5) is 0 Å². The van der Waals surface area contributed by atoms with Gasteiger partial charge in [-0.1, -0.05) is 23.7 Å². The van der Waals surface area contributed by atoms with Crippen molar-refractivity contribution in [1.82, 2.24) is 4.98 Å². The highest BCUT2D eigenvalue weighted by atomic mass is 35.5. The van der Waals surface area contributed by atoms with Gasteiger partial charge in [0.15, 0.2) is 17.8 Å². The third-order valence-corrected chi connectivity index (χ3v) is 3.37. The van der Waals surface area contributed by atoms with Crippen LogP contribution in [0.5, 0.6) is 0 Å². The smallest absolute Gasteiger partial charge is 0.361 e. The Hall–Kier alpha value is -1.85. The van der Waals surface area contributed by atoms with Gasteiger partial charge in [0.05, 0.1) is 18.2 Å². The fourth-order valence-electron chi connectivity index (χ4n) is 2.04. The monoisotopic (exact) mass is 293 g/mol. The molecule has 0 radical (unpaired) electrons. The lowest BCUT2D eigenvalue weighted by atomic mass is 10.1. The molecule has 1 atom stereocenters. The number of nitrogens with zero attached hydrogens (tertiary/aromatic N) is 1. The van der Waals surface area contributed by atoms with E-state index in [-0.39, 0.29) is 11.8 Å². The number of ether oxygens (including phenoxy) is 2. The maximum absolute atomic E-state index is 12.1. The van der Waals surface area contributed by atoms with Gasteiger partial charge in [-0.15, -0.1) is 0 Å². The zero-order valence-corrected chi connectivity index (χ0v) is 11.3. The van der Waals surface area contributed by atoms with Crippen molar-refractivity contribution < 1.29 is 18.7 Å². The summed E-state index contributed by atoms with van der Waals surface area (Å²) in [6, 6.07) is 7.09. The van der Waals surface area contributed by atoms with Gasteiger partial charge in [0.25, 0.3) is 0 Å². The molecule has 0 N–H and O–H groups in total. The van der Waals surface area contributed by atoms with Crippen LogP contribution in [0.2, 0.25) is 5.02 Å². The summed E-state index contributed by atoms with van der Waals surface area (Å²) in [5, 5.41) is 0.488. The quantitative estimate of drug-likeness (QED) is 0.814. The van der Waals surface area contributed by atoms with Crippen molar-refractivity contribution >= 4 is 17.6 Å². The van der Waals surface area contributed by atoms with Gasteiger partial charge in [0.1, 0.15) is 6.10 Å². The molecule has 5 nitrogen and oxygen atoms in total. The molecule has 0 aliphatic carbocycles. The third-order valence-electron chi connectivity index (χ3n) is 3.04. The highest BCUT2D eigenvalue weighted by Crippen LogP contribution is 2.30. The zero-order valence-electron chi connectivity index (χ0n) is 10.5. The molecular weight excluding hydrogens is 282 g/mol. The molecule has 6 heteroatoms. The van der Waals surface area contributed by atoms with Gasteiger partial charge in [-0.25, -0.2) is 9.78 Å². The Labute approximate surface area is 120 Å². The second kappa shape index (κ2) is 5.64. The number of aromatic nitrogens is 1. The van der Waals surface area contributed by atoms with E-state index in [2.05, 4.69) is 4.98 Å². The second-order valence-corrected chi connectivity index (χ2v) is 4.81. The molecule has 1 aromatic carbocycles. The third kappa shape index (κ3) is 2.55. The van der Waals surface area contributed by atoms with Crippen molar-refractivity contribution in [2.75, 3.05) is 13.2 Å². The molecule has 104 valence electrons. The van der Waals surface area contributed by atoms with E-state index in [0.29, 0.717) is 36.0 Å². The predicted octanol–water partition coefficient (Wildman–Crippen LogP) is 2.94. The standard InChI is InChI=1S/C14H12ClNO4/c15-11-4-2-1-3-10(11)13-12(16-8-19-13)14(17)20-9-5-6-18-7-9/h1-4,8-9H,5-7H2. The lowest BCUT2D eigenvalue weighted by molar-refractivity contribution is 0.0265. The van der Waals surface area contributed by atoms with E-state index < -0.39 is 5.97 Å². The van der Waals surface area contributed by atoms with Gasteiger partial charge in [-0.3, -0.25) is 0 Å². The number of esters is 1. The molecule has 0 saturated carbocycles. The Morgan fingerprint density at radius 2 is 2.25 bits per heavy atom. The Morgan fingerprint density at radius 3 is 3.00 bits per heavy atom. The van der Waals surface area contributed by atoms with Crippen LogP contribution in [0.3, 0.4) is 0 Å². The number of halogens is 1. The molecule has 0 spiro atoms. The summed E-state index contributed by atoms with van der Waals surface area (Å²) < 4.78 is 15.8. The molecule has 0 amide bonds. The number of benzene rings is 1. The fraction of sp³-hybridized carbons (Fsp3) is 0.286. The minimum absolute atomic E-state index is 0.130. The van der Waals surface area contributed by atoms with Crippen molar-refractivity contribution in [3.8, 4) is 11.3 Å². The number of hydrogen-bond donors (Lipinski definition) is 0. The largest absolute Gasteiger partial charge is 0.455 e. The Balaban J connectivity index is 1.86. The summed E-state index contributed by atoms with van der Waals surface area (Å²) in [5.74, 6) is -0.205. The molecule has 2 aromatic rings. The van der Waals surface area contributed by atoms with E-state index >= 15 is 0 Å². The summed E-state index contributed by atoms with van der Waals surface area (Å²) in [7, 11) is 0. The topological polar surface area (TPSA) is 61.6 Å². The van der Waals surface area contributed by atoms with Crippen molar-refractivity contribution in [2.45, 2.75) is 12.5 Å². The lowest BCUT2D eigenvalue weighted by Gasteiger charge is -2.09. The Morgan fingerprint density at radius 1 is 1.40 bits per heavy atom. The number of hydrogen-bond acceptors (Lipinski definition) is 5. The van der Waals surface area contributed by atoms with Gasteiger partial charge in [0.2, 0.25) is 0 Å². The zero-order chi connectivity index (χ0) is 13.9. The molecular formula is C14H12ClNO4. The van der Waals surface area contributed by atoms with E-state index in [4.69, 9.17) is 25.5 Å². The number of carbonyl (C=O) groups is 1. The van der Waals surface area contributed by atoms with Crippen LogP contribution in [0.1, 0.15) is 16.9 Å². The van der Waals surface area contributed by atoms with Crippen LogP contribution < -0.4 is 0 Å². The fourth-order valence-corrected chi connectivity index (χ4v) is 2.26. The number of rotatable bonds is 3. The van der Waals surface area contributed by atoms with E-state index in [0.717, 1.165) is 0 Å². The summed E-state index contributed by atoms with van der Waals surface area (Å²) in [4.78, 5) is 16.1. The molecule has 0 bridgehead atoms. The summed E-state index contributed by atoms with van der Waals surface area (Å²) in [6.07, 6.45) is 1.68. The molecule has 1 aliphatic rings. The molecule has 1 aromatic heterocycles. The van der Waals surface area contributed by atoms with E-state index in [1.165, 1.54) is 6.39 Å². The molecule has 1 saturated heterocycles. The number of oxazole rings is 1. The van der Waals surface area contributed by atoms with Crippen molar-refractivity contribution in [1.29, 1.82) is 0 Å². The molecule has 1 unspecified atom stereocenters. The SMILES string of the molecule is O=C(OC1CCOC1)c1ncoc1-c1ccccc1Cl. The Kier molecular flexibility index (Phi) is 3.71. The van der Waals surface area contributed by atoms with Crippen LogP contribution in [0.15, 0.2) is 35.1 Å². The van der Waals surface area contributed by atoms with Crippen molar-refractivity contribution in [3.63, 3.8) is 0 Å². The summed E-state index contributed by atoms with van der Waals surface area (Å²) in [6.45, 7) is 1.03. The summed E-state index contributed by atoms with van der Waals surface area (Å²) >= 11 is 6.10. The normalized spacial score (nSPS) is 18.1. The second-order valence-electron chi connectivity index (χ2n) is 4.40. The van der Waals surface area contributed by atoms with Crippen LogP contribution in [-0.2, 0) is 9.47 Å². The van der Waals surface area contributed by atoms with Gasteiger partial charge in [0, 0.05) is 12.0 Å². The van der Waals surface area contributed by atoms with Crippen LogP contribution in [-0.4, -0.2) is 30.3 Å². The first-order valence-electron chi connectivity index (χ1n) is 6.23. The maximum atomic E-state index is 12.1. The van der Waals surface area contributed by atoms with Crippen LogP contribution >= 0.6 is 11.6 Å². The minimum Gasteiger partial charge on any atom is -0.455 e. The van der Waals surface area contributed by atoms with E-state index in [1.807, 2.05) is 6.07 Å². The lowest BCUT2D eigenvalue weighted by Crippen LogP contribution is -2.18. The average Bonchev–Trinajstić information content (AvgIpc) is 3.09. The molecule has 2 heterocycles.